The molecule has 2 fully saturated rings. The minimum absolute atomic E-state index is 0.0208. The van der Waals surface area contributed by atoms with Crippen molar-refractivity contribution in [2.75, 3.05) is 6.54 Å². The molecule has 5 heteroatoms. The number of carbonyl (C=O) groups excluding carboxylic acids is 1. The van der Waals surface area contributed by atoms with Crippen molar-refractivity contribution in [3.05, 3.63) is 0 Å². The molecule has 0 aromatic carbocycles. The Kier molecular flexibility index (Phi) is 5.05. The zero-order valence-corrected chi connectivity index (χ0v) is 11.4. The third-order valence-corrected chi connectivity index (χ3v) is 4.39. The van der Waals surface area contributed by atoms with E-state index in [1.54, 1.807) is 0 Å². The van der Waals surface area contributed by atoms with E-state index in [1.165, 1.54) is 32.1 Å². The molecular weight excluding hydrogens is 244 g/mol. The fourth-order valence-electron chi connectivity index (χ4n) is 3.20. The molecular formula is C14H24N2O3. The molecule has 2 atom stereocenters. The SMILES string of the molecule is O=C(NCC1CCCCC1)NC1CCC(C(=O)O)C1. The van der Waals surface area contributed by atoms with Crippen molar-refractivity contribution in [3.8, 4) is 0 Å². The van der Waals surface area contributed by atoms with Crippen molar-refractivity contribution in [2.24, 2.45) is 11.8 Å². The summed E-state index contributed by atoms with van der Waals surface area (Å²) in [4.78, 5) is 22.6. The van der Waals surface area contributed by atoms with E-state index in [-0.39, 0.29) is 18.0 Å². The first kappa shape index (κ1) is 14.2. The van der Waals surface area contributed by atoms with E-state index in [0.29, 0.717) is 18.8 Å². The van der Waals surface area contributed by atoms with Gasteiger partial charge in [0.2, 0.25) is 0 Å². The van der Waals surface area contributed by atoms with E-state index in [2.05, 4.69) is 10.6 Å². The molecule has 2 amide bonds. The zero-order chi connectivity index (χ0) is 13.7. The number of urea groups is 1. The third kappa shape index (κ3) is 4.40. The molecule has 0 radical (unpaired) electrons. The van der Waals surface area contributed by atoms with Gasteiger partial charge in [0, 0.05) is 12.6 Å². The smallest absolute Gasteiger partial charge is 0.315 e. The van der Waals surface area contributed by atoms with E-state index >= 15 is 0 Å². The van der Waals surface area contributed by atoms with Crippen molar-refractivity contribution < 1.29 is 14.7 Å². The molecule has 0 aromatic heterocycles. The van der Waals surface area contributed by atoms with Gasteiger partial charge >= 0.3 is 12.0 Å². The molecule has 3 N–H and O–H groups in total. The zero-order valence-electron chi connectivity index (χ0n) is 11.4. The summed E-state index contributed by atoms with van der Waals surface area (Å²) in [5.74, 6) is -0.412. The number of amides is 2. The molecule has 0 heterocycles. The average molecular weight is 268 g/mol. The first-order valence-electron chi connectivity index (χ1n) is 7.42. The molecule has 2 unspecified atom stereocenters. The van der Waals surface area contributed by atoms with E-state index in [9.17, 15) is 9.59 Å². The lowest BCUT2D eigenvalue weighted by Gasteiger charge is -2.22. The lowest BCUT2D eigenvalue weighted by atomic mass is 9.89. The number of carbonyl (C=O) groups is 2. The second-order valence-corrected chi connectivity index (χ2v) is 5.90. The van der Waals surface area contributed by atoms with Gasteiger partial charge in [-0.3, -0.25) is 4.79 Å². The summed E-state index contributed by atoms with van der Waals surface area (Å²) in [6, 6.07) is -0.117. The Bertz CT molecular complexity index is 327. The summed E-state index contributed by atoms with van der Waals surface area (Å²) in [6.45, 7) is 0.751. The first-order valence-corrected chi connectivity index (χ1v) is 7.42. The van der Waals surface area contributed by atoms with Gasteiger partial charge < -0.3 is 15.7 Å². The summed E-state index contributed by atoms with van der Waals surface area (Å²) >= 11 is 0. The molecule has 5 nitrogen and oxygen atoms in total. The number of aliphatic carboxylic acids is 1. The van der Waals surface area contributed by atoms with Crippen LogP contribution in [0.1, 0.15) is 51.4 Å². The van der Waals surface area contributed by atoms with E-state index in [4.69, 9.17) is 5.11 Å². The topological polar surface area (TPSA) is 78.4 Å². The van der Waals surface area contributed by atoms with E-state index in [0.717, 1.165) is 13.0 Å². The summed E-state index contributed by atoms with van der Waals surface area (Å²) < 4.78 is 0. The van der Waals surface area contributed by atoms with Crippen LogP contribution < -0.4 is 10.6 Å². The molecule has 19 heavy (non-hydrogen) atoms. The molecule has 2 saturated carbocycles. The fourth-order valence-corrected chi connectivity index (χ4v) is 3.20. The molecule has 0 spiro atoms. The van der Waals surface area contributed by atoms with Crippen LogP contribution in [0.2, 0.25) is 0 Å². The van der Waals surface area contributed by atoms with Crippen molar-refractivity contribution in [2.45, 2.75) is 57.4 Å². The highest BCUT2D eigenvalue weighted by Crippen LogP contribution is 2.25. The van der Waals surface area contributed by atoms with Crippen LogP contribution in [0.4, 0.5) is 4.79 Å². The van der Waals surface area contributed by atoms with Crippen LogP contribution in [0.5, 0.6) is 0 Å². The maximum atomic E-state index is 11.7. The van der Waals surface area contributed by atoms with Crippen molar-refractivity contribution in [1.29, 1.82) is 0 Å². The van der Waals surface area contributed by atoms with Crippen molar-refractivity contribution in [3.63, 3.8) is 0 Å². The van der Waals surface area contributed by atoms with Crippen LogP contribution in [-0.2, 0) is 4.79 Å². The van der Waals surface area contributed by atoms with Crippen LogP contribution in [0.15, 0.2) is 0 Å². The highest BCUT2D eigenvalue weighted by Gasteiger charge is 2.30. The standard InChI is InChI=1S/C14H24N2O3/c17-13(18)11-6-7-12(8-11)16-14(19)15-9-10-4-2-1-3-5-10/h10-12H,1-9H2,(H,17,18)(H2,15,16,19). The number of hydrogen-bond donors (Lipinski definition) is 3. The number of carboxylic acid groups (broad SMARTS) is 1. The lowest BCUT2D eigenvalue weighted by molar-refractivity contribution is -0.141. The van der Waals surface area contributed by atoms with Crippen molar-refractivity contribution in [1.82, 2.24) is 10.6 Å². The molecule has 2 rings (SSSR count). The quantitative estimate of drug-likeness (QED) is 0.730. The Labute approximate surface area is 114 Å². The Hall–Kier alpha value is -1.26. The second kappa shape index (κ2) is 6.78. The largest absolute Gasteiger partial charge is 0.481 e. The molecule has 2 aliphatic carbocycles. The maximum Gasteiger partial charge on any atom is 0.315 e. The van der Waals surface area contributed by atoms with Crippen LogP contribution in [0, 0.1) is 11.8 Å². The number of hydrogen-bond acceptors (Lipinski definition) is 2. The predicted octanol–water partition coefficient (Wildman–Crippen LogP) is 2.12. The summed E-state index contributed by atoms with van der Waals surface area (Å²) in [5.41, 5.74) is 0. The van der Waals surface area contributed by atoms with Gasteiger partial charge in [0.1, 0.15) is 0 Å². The fraction of sp³-hybridized carbons (Fsp3) is 0.857. The number of rotatable bonds is 4. The predicted molar refractivity (Wildman–Crippen MR) is 71.9 cm³/mol. The molecule has 0 aliphatic heterocycles. The van der Waals surface area contributed by atoms with Gasteiger partial charge in [0.15, 0.2) is 0 Å². The van der Waals surface area contributed by atoms with E-state index in [1.807, 2.05) is 0 Å². The number of nitrogens with one attached hydrogen (secondary N) is 2. The van der Waals surface area contributed by atoms with E-state index < -0.39 is 5.97 Å². The van der Waals surface area contributed by atoms with Crippen LogP contribution in [-0.4, -0.2) is 29.7 Å². The molecule has 0 aromatic rings. The highest BCUT2D eigenvalue weighted by molar-refractivity contribution is 5.75. The third-order valence-electron chi connectivity index (χ3n) is 4.39. The van der Waals surface area contributed by atoms with Gasteiger partial charge in [-0.05, 0) is 38.0 Å². The van der Waals surface area contributed by atoms with Crippen LogP contribution >= 0.6 is 0 Å². The highest BCUT2D eigenvalue weighted by atomic mass is 16.4. The Morgan fingerprint density at radius 3 is 2.42 bits per heavy atom. The van der Waals surface area contributed by atoms with Gasteiger partial charge in [-0.1, -0.05) is 19.3 Å². The Balaban J connectivity index is 1.63. The van der Waals surface area contributed by atoms with Gasteiger partial charge in [0.05, 0.1) is 5.92 Å². The Morgan fingerprint density at radius 1 is 1.05 bits per heavy atom. The number of carboxylic acids is 1. The minimum atomic E-state index is -0.744. The normalized spacial score (nSPS) is 28.0. The van der Waals surface area contributed by atoms with Gasteiger partial charge in [-0.15, -0.1) is 0 Å². The molecule has 0 saturated heterocycles. The van der Waals surface area contributed by atoms with Crippen molar-refractivity contribution >= 4 is 12.0 Å². The average Bonchev–Trinajstić information content (AvgIpc) is 2.86. The second-order valence-electron chi connectivity index (χ2n) is 5.90. The molecule has 108 valence electrons. The van der Waals surface area contributed by atoms with Crippen LogP contribution in [0.3, 0.4) is 0 Å². The Morgan fingerprint density at radius 2 is 1.79 bits per heavy atom. The maximum absolute atomic E-state index is 11.7. The summed E-state index contributed by atoms with van der Waals surface area (Å²) in [6.07, 6.45) is 8.30. The lowest BCUT2D eigenvalue weighted by Crippen LogP contribution is -2.43. The van der Waals surface area contributed by atoms with Gasteiger partial charge in [0.25, 0.3) is 0 Å². The summed E-state index contributed by atoms with van der Waals surface area (Å²) in [7, 11) is 0. The van der Waals surface area contributed by atoms with Gasteiger partial charge in [-0.2, -0.15) is 0 Å². The molecule has 0 bridgehead atoms. The first-order chi connectivity index (χ1) is 9.15. The van der Waals surface area contributed by atoms with Gasteiger partial charge in [-0.25, -0.2) is 4.79 Å². The minimum Gasteiger partial charge on any atom is -0.481 e. The van der Waals surface area contributed by atoms with Crippen LogP contribution in [0.25, 0.3) is 0 Å². The monoisotopic (exact) mass is 268 g/mol. The summed E-state index contributed by atoms with van der Waals surface area (Å²) in [5, 5.41) is 14.7. The molecule has 2 aliphatic rings.